The van der Waals surface area contributed by atoms with Crippen LogP contribution in [0.15, 0.2) is 36.9 Å². The molecule has 28 heavy (non-hydrogen) atoms. The van der Waals surface area contributed by atoms with Gasteiger partial charge in [-0.1, -0.05) is 0 Å². The maximum absolute atomic E-state index is 12.5. The molecule has 4 rings (SSSR count). The minimum Gasteiger partial charge on any atom is -0.338 e. The van der Waals surface area contributed by atoms with Crippen LogP contribution in [0.3, 0.4) is 0 Å². The lowest BCUT2D eigenvalue weighted by Gasteiger charge is -2.47. The maximum atomic E-state index is 12.5. The normalized spacial score (nSPS) is 20.2. The fourth-order valence-corrected chi connectivity index (χ4v) is 4.55. The SMILES string of the molecule is CC(C)n1cc(CN2CCC3(CCC(=O)N(Cc4ccncc4)C3)CC2)cn1. The van der Waals surface area contributed by atoms with E-state index in [0.717, 1.165) is 32.6 Å². The molecule has 1 spiro atoms. The van der Waals surface area contributed by atoms with E-state index < -0.39 is 0 Å². The van der Waals surface area contributed by atoms with Crippen molar-refractivity contribution in [1.29, 1.82) is 0 Å². The van der Waals surface area contributed by atoms with E-state index in [2.05, 4.69) is 39.9 Å². The highest BCUT2D eigenvalue weighted by Crippen LogP contribution is 2.40. The van der Waals surface area contributed by atoms with E-state index in [-0.39, 0.29) is 0 Å². The molecular formula is C22H31N5O. The van der Waals surface area contributed by atoms with Crippen molar-refractivity contribution in [2.45, 2.75) is 58.7 Å². The third kappa shape index (κ3) is 4.27. The second-order valence-corrected chi connectivity index (χ2v) is 8.80. The summed E-state index contributed by atoms with van der Waals surface area (Å²) in [6.07, 6.45) is 11.9. The lowest BCUT2D eigenvalue weighted by atomic mass is 9.72. The number of amides is 1. The zero-order valence-corrected chi connectivity index (χ0v) is 17.0. The Morgan fingerprint density at radius 2 is 1.82 bits per heavy atom. The van der Waals surface area contributed by atoms with Crippen molar-refractivity contribution >= 4 is 5.91 Å². The van der Waals surface area contributed by atoms with Crippen molar-refractivity contribution in [3.8, 4) is 0 Å². The first kappa shape index (κ1) is 19.1. The van der Waals surface area contributed by atoms with E-state index in [9.17, 15) is 4.79 Å². The summed E-state index contributed by atoms with van der Waals surface area (Å²) in [5.41, 5.74) is 2.75. The van der Waals surface area contributed by atoms with Gasteiger partial charge in [-0.3, -0.25) is 19.4 Å². The van der Waals surface area contributed by atoms with E-state index in [4.69, 9.17) is 0 Å². The fourth-order valence-electron chi connectivity index (χ4n) is 4.55. The first-order chi connectivity index (χ1) is 13.5. The summed E-state index contributed by atoms with van der Waals surface area (Å²) < 4.78 is 2.03. The number of aromatic nitrogens is 3. The standard InChI is InChI=1S/C22H31N5O/c1-18(2)27-16-20(13-24-27)14-25-11-7-22(8-12-25)6-3-21(28)26(17-22)15-19-4-9-23-10-5-19/h4-5,9-10,13,16,18H,3,6-8,11-12,14-15,17H2,1-2H3. The average Bonchev–Trinajstić information content (AvgIpc) is 3.17. The summed E-state index contributed by atoms with van der Waals surface area (Å²) in [5, 5.41) is 4.46. The van der Waals surface area contributed by atoms with Gasteiger partial charge in [-0.2, -0.15) is 5.10 Å². The zero-order chi connectivity index (χ0) is 19.6. The molecule has 0 unspecified atom stereocenters. The van der Waals surface area contributed by atoms with Gasteiger partial charge >= 0.3 is 0 Å². The van der Waals surface area contributed by atoms with Gasteiger partial charge in [0.25, 0.3) is 0 Å². The molecule has 2 aromatic rings. The van der Waals surface area contributed by atoms with Crippen molar-refractivity contribution in [3.05, 3.63) is 48.0 Å². The van der Waals surface area contributed by atoms with Crippen molar-refractivity contribution in [2.24, 2.45) is 5.41 Å². The molecule has 2 aliphatic heterocycles. The van der Waals surface area contributed by atoms with Crippen LogP contribution >= 0.6 is 0 Å². The van der Waals surface area contributed by atoms with Gasteiger partial charge in [0.05, 0.1) is 6.20 Å². The van der Waals surface area contributed by atoms with Gasteiger partial charge in [-0.25, -0.2) is 0 Å². The van der Waals surface area contributed by atoms with E-state index >= 15 is 0 Å². The Labute approximate surface area is 167 Å². The molecule has 0 saturated carbocycles. The van der Waals surface area contributed by atoms with E-state index in [1.54, 1.807) is 12.4 Å². The molecule has 2 aliphatic rings. The third-order valence-corrected chi connectivity index (χ3v) is 6.38. The molecule has 0 aromatic carbocycles. The number of pyridine rings is 1. The van der Waals surface area contributed by atoms with Gasteiger partial charge in [-0.15, -0.1) is 0 Å². The molecule has 2 fully saturated rings. The van der Waals surface area contributed by atoms with Crippen LogP contribution in [0.2, 0.25) is 0 Å². The average molecular weight is 382 g/mol. The van der Waals surface area contributed by atoms with Crippen LogP contribution in [-0.4, -0.2) is 50.1 Å². The highest BCUT2D eigenvalue weighted by molar-refractivity contribution is 5.77. The third-order valence-electron chi connectivity index (χ3n) is 6.38. The molecule has 6 nitrogen and oxygen atoms in total. The quantitative estimate of drug-likeness (QED) is 0.798. The van der Waals surface area contributed by atoms with Gasteiger partial charge in [0.2, 0.25) is 5.91 Å². The highest BCUT2D eigenvalue weighted by Gasteiger charge is 2.40. The Balaban J connectivity index is 1.34. The Kier molecular flexibility index (Phi) is 5.49. The largest absolute Gasteiger partial charge is 0.338 e. The Morgan fingerprint density at radius 3 is 2.50 bits per heavy atom. The molecule has 1 amide bonds. The molecule has 0 radical (unpaired) electrons. The topological polar surface area (TPSA) is 54.3 Å². The number of piperidine rings is 2. The first-order valence-electron chi connectivity index (χ1n) is 10.5. The monoisotopic (exact) mass is 381 g/mol. The summed E-state index contributed by atoms with van der Waals surface area (Å²) in [6, 6.07) is 4.42. The van der Waals surface area contributed by atoms with Gasteiger partial charge in [0.1, 0.15) is 0 Å². The summed E-state index contributed by atoms with van der Waals surface area (Å²) in [7, 11) is 0. The number of hydrogen-bond donors (Lipinski definition) is 0. The fraction of sp³-hybridized carbons (Fsp3) is 0.591. The molecule has 150 valence electrons. The van der Waals surface area contributed by atoms with E-state index in [1.165, 1.54) is 24.0 Å². The second-order valence-electron chi connectivity index (χ2n) is 8.80. The minimum atomic E-state index is 0.291. The molecular weight excluding hydrogens is 350 g/mol. The Hall–Kier alpha value is -2.21. The van der Waals surface area contributed by atoms with Gasteiger partial charge in [0.15, 0.2) is 0 Å². The second kappa shape index (κ2) is 8.03. The van der Waals surface area contributed by atoms with Crippen molar-refractivity contribution in [2.75, 3.05) is 19.6 Å². The summed E-state index contributed by atoms with van der Waals surface area (Å²) in [4.78, 5) is 21.2. The number of nitrogens with zero attached hydrogens (tertiary/aromatic N) is 5. The molecule has 2 saturated heterocycles. The smallest absolute Gasteiger partial charge is 0.222 e. The van der Waals surface area contributed by atoms with Crippen LogP contribution in [0.4, 0.5) is 0 Å². The molecule has 0 N–H and O–H groups in total. The lowest BCUT2D eigenvalue weighted by molar-refractivity contribution is -0.140. The summed E-state index contributed by atoms with van der Waals surface area (Å²) in [6.45, 7) is 9.10. The number of likely N-dealkylation sites (tertiary alicyclic amines) is 2. The maximum Gasteiger partial charge on any atom is 0.222 e. The van der Waals surface area contributed by atoms with Gasteiger partial charge < -0.3 is 4.90 Å². The molecule has 6 heteroatoms. The molecule has 2 aromatic heterocycles. The van der Waals surface area contributed by atoms with Gasteiger partial charge in [-0.05, 0) is 69.3 Å². The van der Waals surface area contributed by atoms with Gasteiger partial charge in [0, 0.05) is 56.3 Å². The number of rotatable bonds is 5. The van der Waals surface area contributed by atoms with Crippen LogP contribution in [0, 0.1) is 5.41 Å². The number of hydrogen-bond acceptors (Lipinski definition) is 4. The van der Waals surface area contributed by atoms with Crippen molar-refractivity contribution < 1.29 is 4.79 Å². The van der Waals surface area contributed by atoms with Crippen LogP contribution in [0.1, 0.15) is 56.7 Å². The molecule has 0 bridgehead atoms. The summed E-state index contributed by atoms with van der Waals surface area (Å²) >= 11 is 0. The lowest BCUT2D eigenvalue weighted by Crippen LogP contribution is -2.51. The van der Waals surface area contributed by atoms with Crippen LogP contribution in [0.5, 0.6) is 0 Å². The van der Waals surface area contributed by atoms with Crippen LogP contribution in [-0.2, 0) is 17.9 Å². The Bertz CT molecular complexity index is 792. The predicted octanol–water partition coefficient (Wildman–Crippen LogP) is 3.26. The van der Waals surface area contributed by atoms with Crippen LogP contribution in [0.25, 0.3) is 0 Å². The van der Waals surface area contributed by atoms with E-state index in [0.29, 0.717) is 30.3 Å². The van der Waals surface area contributed by atoms with Crippen molar-refractivity contribution in [1.82, 2.24) is 24.6 Å². The molecule has 0 atom stereocenters. The minimum absolute atomic E-state index is 0.291. The predicted molar refractivity (Wildman–Crippen MR) is 108 cm³/mol. The van der Waals surface area contributed by atoms with Crippen molar-refractivity contribution in [3.63, 3.8) is 0 Å². The molecule has 0 aliphatic carbocycles. The van der Waals surface area contributed by atoms with Crippen LogP contribution < -0.4 is 0 Å². The van der Waals surface area contributed by atoms with E-state index in [1.807, 2.05) is 23.0 Å². The zero-order valence-electron chi connectivity index (χ0n) is 17.0. The summed E-state index contributed by atoms with van der Waals surface area (Å²) in [5.74, 6) is 0.297. The number of carbonyl (C=O) groups is 1. The molecule has 4 heterocycles. The first-order valence-corrected chi connectivity index (χ1v) is 10.5. The highest BCUT2D eigenvalue weighted by atomic mass is 16.2. The number of carbonyl (C=O) groups excluding carboxylic acids is 1. The Morgan fingerprint density at radius 1 is 1.07 bits per heavy atom.